The second-order valence-electron chi connectivity index (χ2n) is 4.86. The molecular formula is C14H19N3O. The molecule has 0 radical (unpaired) electrons. The van der Waals surface area contributed by atoms with Gasteiger partial charge in [-0.1, -0.05) is 26.0 Å². The lowest BCUT2D eigenvalue weighted by molar-refractivity contribution is 0.519. The summed E-state index contributed by atoms with van der Waals surface area (Å²) in [6.45, 7) is 6.74. The van der Waals surface area contributed by atoms with E-state index < -0.39 is 0 Å². The SMILES string of the molecule is CC(C)CNCCn1cnc2ccccc2c1=O. The average Bonchev–Trinajstić information content (AvgIpc) is 2.37. The fraction of sp³-hybridized carbons (Fsp3) is 0.429. The molecule has 1 N–H and O–H groups in total. The molecule has 2 rings (SSSR count). The van der Waals surface area contributed by atoms with Gasteiger partial charge in [0, 0.05) is 13.1 Å². The zero-order chi connectivity index (χ0) is 13.0. The summed E-state index contributed by atoms with van der Waals surface area (Å²) in [5.74, 6) is 0.622. The minimum Gasteiger partial charge on any atom is -0.315 e. The van der Waals surface area contributed by atoms with Gasteiger partial charge in [0.05, 0.1) is 17.2 Å². The number of para-hydroxylation sites is 1. The molecule has 0 bridgehead atoms. The van der Waals surface area contributed by atoms with Crippen molar-refractivity contribution in [3.8, 4) is 0 Å². The van der Waals surface area contributed by atoms with E-state index in [1.807, 2.05) is 24.3 Å². The maximum absolute atomic E-state index is 12.2. The van der Waals surface area contributed by atoms with Crippen molar-refractivity contribution in [3.63, 3.8) is 0 Å². The van der Waals surface area contributed by atoms with Gasteiger partial charge in [0.1, 0.15) is 0 Å². The van der Waals surface area contributed by atoms with Gasteiger partial charge in [0.25, 0.3) is 5.56 Å². The first-order valence-corrected chi connectivity index (χ1v) is 6.33. The van der Waals surface area contributed by atoms with Gasteiger partial charge >= 0.3 is 0 Å². The van der Waals surface area contributed by atoms with Crippen molar-refractivity contribution in [1.82, 2.24) is 14.9 Å². The highest BCUT2D eigenvalue weighted by molar-refractivity contribution is 5.76. The molecule has 0 aliphatic heterocycles. The minimum atomic E-state index is 0.0342. The summed E-state index contributed by atoms with van der Waals surface area (Å²) in [5, 5.41) is 4.01. The van der Waals surface area contributed by atoms with E-state index in [2.05, 4.69) is 24.1 Å². The Morgan fingerprint density at radius 3 is 2.89 bits per heavy atom. The summed E-state index contributed by atoms with van der Waals surface area (Å²) in [6, 6.07) is 7.44. The Bertz CT molecular complexity index is 575. The number of hydrogen-bond donors (Lipinski definition) is 1. The van der Waals surface area contributed by atoms with Crippen LogP contribution in [0, 0.1) is 5.92 Å². The van der Waals surface area contributed by atoms with Gasteiger partial charge in [-0.3, -0.25) is 9.36 Å². The molecule has 4 nitrogen and oxygen atoms in total. The van der Waals surface area contributed by atoms with E-state index in [1.165, 1.54) is 0 Å². The minimum absolute atomic E-state index is 0.0342. The lowest BCUT2D eigenvalue weighted by atomic mass is 10.2. The summed E-state index contributed by atoms with van der Waals surface area (Å²) in [7, 11) is 0. The van der Waals surface area contributed by atoms with Crippen LogP contribution in [0.5, 0.6) is 0 Å². The molecule has 0 atom stereocenters. The van der Waals surface area contributed by atoms with E-state index >= 15 is 0 Å². The molecular weight excluding hydrogens is 226 g/mol. The number of hydrogen-bond acceptors (Lipinski definition) is 3. The van der Waals surface area contributed by atoms with Gasteiger partial charge in [-0.05, 0) is 24.6 Å². The van der Waals surface area contributed by atoms with Crippen LogP contribution in [0.2, 0.25) is 0 Å². The van der Waals surface area contributed by atoms with Crippen LogP contribution in [0.15, 0.2) is 35.4 Å². The third-order valence-corrected chi connectivity index (χ3v) is 2.81. The molecule has 2 aromatic rings. The molecule has 18 heavy (non-hydrogen) atoms. The van der Waals surface area contributed by atoms with Crippen LogP contribution in [0.25, 0.3) is 10.9 Å². The van der Waals surface area contributed by atoms with Gasteiger partial charge in [-0.25, -0.2) is 4.98 Å². The molecule has 0 spiro atoms. The largest absolute Gasteiger partial charge is 0.315 e. The molecule has 1 heterocycles. The molecule has 0 aliphatic rings. The third kappa shape index (κ3) is 2.96. The highest BCUT2D eigenvalue weighted by Gasteiger charge is 2.02. The van der Waals surface area contributed by atoms with Crippen LogP contribution in [-0.4, -0.2) is 22.6 Å². The summed E-state index contributed by atoms with van der Waals surface area (Å²) >= 11 is 0. The van der Waals surface area contributed by atoms with Crippen molar-refractivity contribution < 1.29 is 0 Å². The number of rotatable bonds is 5. The first-order chi connectivity index (χ1) is 8.68. The molecule has 0 fully saturated rings. The fourth-order valence-corrected chi connectivity index (χ4v) is 1.86. The Hall–Kier alpha value is -1.68. The second kappa shape index (κ2) is 5.78. The third-order valence-electron chi connectivity index (χ3n) is 2.81. The summed E-state index contributed by atoms with van der Waals surface area (Å²) in [6.07, 6.45) is 1.63. The van der Waals surface area contributed by atoms with Gasteiger partial charge in [0.2, 0.25) is 0 Å². The molecule has 1 aromatic heterocycles. The van der Waals surface area contributed by atoms with Crippen LogP contribution in [-0.2, 0) is 6.54 Å². The van der Waals surface area contributed by atoms with Crippen LogP contribution in [0.3, 0.4) is 0 Å². The van der Waals surface area contributed by atoms with Crippen LogP contribution >= 0.6 is 0 Å². The number of fused-ring (bicyclic) bond motifs is 1. The molecule has 0 saturated carbocycles. The summed E-state index contributed by atoms with van der Waals surface area (Å²) in [5.41, 5.74) is 0.792. The lowest BCUT2D eigenvalue weighted by Gasteiger charge is -2.09. The lowest BCUT2D eigenvalue weighted by Crippen LogP contribution is -2.29. The predicted molar refractivity (Wildman–Crippen MR) is 73.7 cm³/mol. The fourth-order valence-electron chi connectivity index (χ4n) is 1.86. The first kappa shape index (κ1) is 12.8. The normalized spacial score (nSPS) is 11.3. The van der Waals surface area contributed by atoms with Gasteiger partial charge in [-0.2, -0.15) is 0 Å². The van der Waals surface area contributed by atoms with Crippen molar-refractivity contribution in [2.45, 2.75) is 20.4 Å². The smallest absolute Gasteiger partial charge is 0.261 e. The Labute approximate surface area is 107 Å². The maximum atomic E-state index is 12.2. The maximum Gasteiger partial charge on any atom is 0.261 e. The van der Waals surface area contributed by atoms with E-state index in [1.54, 1.807) is 10.9 Å². The predicted octanol–water partition coefficient (Wildman–Crippen LogP) is 1.64. The summed E-state index contributed by atoms with van der Waals surface area (Å²) < 4.78 is 1.66. The number of benzene rings is 1. The monoisotopic (exact) mass is 245 g/mol. The average molecular weight is 245 g/mol. The Morgan fingerprint density at radius 1 is 1.33 bits per heavy atom. The van der Waals surface area contributed by atoms with E-state index in [9.17, 15) is 4.79 Å². The zero-order valence-corrected chi connectivity index (χ0v) is 10.9. The quantitative estimate of drug-likeness (QED) is 0.815. The standard InChI is InChI=1S/C14H19N3O/c1-11(2)9-15-7-8-17-10-16-13-6-4-3-5-12(13)14(17)18/h3-6,10-11,15H,7-9H2,1-2H3. The molecule has 0 unspecified atom stereocenters. The Morgan fingerprint density at radius 2 is 2.11 bits per heavy atom. The van der Waals surface area contributed by atoms with Crippen LogP contribution in [0.1, 0.15) is 13.8 Å². The van der Waals surface area contributed by atoms with Crippen LogP contribution < -0.4 is 10.9 Å². The second-order valence-corrected chi connectivity index (χ2v) is 4.86. The molecule has 1 aromatic carbocycles. The topological polar surface area (TPSA) is 46.9 Å². The number of aromatic nitrogens is 2. The van der Waals surface area contributed by atoms with Crippen molar-refractivity contribution in [1.29, 1.82) is 0 Å². The molecule has 0 amide bonds. The van der Waals surface area contributed by atoms with Gasteiger partial charge < -0.3 is 5.32 Å². The number of nitrogens with zero attached hydrogens (tertiary/aromatic N) is 2. The van der Waals surface area contributed by atoms with E-state index in [0.717, 1.165) is 18.6 Å². The van der Waals surface area contributed by atoms with Crippen molar-refractivity contribution in [3.05, 3.63) is 40.9 Å². The van der Waals surface area contributed by atoms with Crippen LogP contribution in [0.4, 0.5) is 0 Å². The highest BCUT2D eigenvalue weighted by atomic mass is 16.1. The first-order valence-electron chi connectivity index (χ1n) is 6.33. The van der Waals surface area contributed by atoms with Crippen molar-refractivity contribution in [2.75, 3.05) is 13.1 Å². The summed E-state index contributed by atoms with van der Waals surface area (Å²) in [4.78, 5) is 16.4. The van der Waals surface area contributed by atoms with Gasteiger partial charge in [-0.15, -0.1) is 0 Å². The van der Waals surface area contributed by atoms with E-state index in [0.29, 0.717) is 17.8 Å². The number of nitrogens with one attached hydrogen (secondary N) is 1. The van der Waals surface area contributed by atoms with Crippen molar-refractivity contribution >= 4 is 10.9 Å². The molecule has 0 saturated heterocycles. The highest BCUT2D eigenvalue weighted by Crippen LogP contribution is 2.04. The zero-order valence-electron chi connectivity index (χ0n) is 10.9. The van der Waals surface area contributed by atoms with E-state index in [-0.39, 0.29) is 5.56 Å². The molecule has 4 heteroatoms. The Balaban J connectivity index is 2.10. The Kier molecular flexibility index (Phi) is 4.10. The van der Waals surface area contributed by atoms with Crippen molar-refractivity contribution in [2.24, 2.45) is 5.92 Å². The molecule has 96 valence electrons. The molecule has 0 aliphatic carbocycles. The van der Waals surface area contributed by atoms with E-state index in [4.69, 9.17) is 0 Å². The van der Waals surface area contributed by atoms with Gasteiger partial charge in [0.15, 0.2) is 0 Å².